The molecule has 0 aliphatic rings. The van der Waals surface area contributed by atoms with E-state index >= 15 is 0 Å². The number of amides is 1. The second-order valence-electron chi connectivity index (χ2n) is 5.64. The minimum atomic E-state index is -0.658. The number of nitriles is 1. The molecular weight excluding hydrogens is 364 g/mol. The van der Waals surface area contributed by atoms with Crippen molar-refractivity contribution in [3.05, 3.63) is 76.2 Å². The molecule has 3 rings (SSSR count). The molecule has 0 saturated carbocycles. The molecule has 8 heteroatoms. The SMILES string of the molecule is Cc1cccc(-n2nc(C(=O)Nc3ccc(SC#N)cc3)c(O)cc2=O)c1. The zero-order chi connectivity index (χ0) is 19.4. The van der Waals surface area contributed by atoms with Gasteiger partial charge in [0, 0.05) is 16.6 Å². The van der Waals surface area contributed by atoms with Crippen molar-refractivity contribution in [1.82, 2.24) is 9.78 Å². The molecule has 7 nitrogen and oxygen atoms in total. The van der Waals surface area contributed by atoms with E-state index in [1.54, 1.807) is 42.5 Å². The Kier molecular flexibility index (Phi) is 5.24. The molecular formula is C19H14N4O3S. The molecule has 2 aromatic carbocycles. The largest absolute Gasteiger partial charge is 0.505 e. The molecule has 0 spiro atoms. The number of thiocyanates is 1. The van der Waals surface area contributed by atoms with Gasteiger partial charge >= 0.3 is 0 Å². The van der Waals surface area contributed by atoms with Crippen molar-refractivity contribution >= 4 is 23.4 Å². The summed E-state index contributed by atoms with van der Waals surface area (Å²) >= 11 is 1.01. The van der Waals surface area contributed by atoms with Crippen molar-refractivity contribution in [3.8, 4) is 16.8 Å². The summed E-state index contributed by atoms with van der Waals surface area (Å²) < 4.78 is 1.06. The molecule has 0 aliphatic carbocycles. The molecule has 134 valence electrons. The monoisotopic (exact) mass is 378 g/mol. The van der Waals surface area contributed by atoms with Crippen molar-refractivity contribution in [2.24, 2.45) is 0 Å². The lowest BCUT2D eigenvalue weighted by molar-refractivity contribution is 0.101. The Labute approximate surface area is 158 Å². The van der Waals surface area contributed by atoms with Gasteiger partial charge < -0.3 is 10.4 Å². The van der Waals surface area contributed by atoms with Crippen molar-refractivity contribution < 1.29 is 9.90 Å². The van der Waals surface area contributed by atoms with Gasteiger partial charge in [0.05, 0.1) is 5.69 Å². The summed E-state index contributed by atoms with van der Waals surface area (Å²) in [5.74, 6) is -1.16. The lowest BCUT2D eigenvalue weighted by Gasteiger charge is -2.10. The predicted octanol–water partition coefficient (Wildman–Crippen LogP) is 3.07. The molecule has 1 heterocycles. The van der Waals surface area contributed by atoms with Crippen LogP contribution in [0.25, 0.3) is 5.69 Å². The van der Waals surface area contributed by atoms with Crippen LogP contribution in [0.3, 0.4) is 0 Å². The number of aromatic nitrogens is 2. The van der Waals surface area contributed by atoms with Gasteiger partial charge in [0.25, 0.3) is 11.5 Å². The van der Waals surface area contributed by atoms with Crippen LogP contribution in [0.2, 0.25) is 0 Å². The van der Waals surface area contributed by atoms with Gasteiger partial charge in [-0.1, -0.05) is 12.1 Å². The van der Waals surface area contributed by atoms with Gasteiger partial charge in [0.2, 0.25) is 0 Å². The Hall–Kier alpha value is -3.57. The van der Waals surface area contributed by atoms with Crippen LogP contribution >= 0.6 is 11.8 Å². The van der Waals surface area contributed by atoms with E-state index in [2.05, 4.69) is 10.4 Å². The number of hydrogen-bond acceptors (Lipinski definition) is 6. The molecule has 1 amide bonds. The maximum atomic E-state index is 12.5. The molecule has 27 heavy (non-hydrogen) atoms. The molecule has 0 atom stereocenters. The maximum absolute atomic E-state index is 12.5. The lowest BCUT2D eigenvalue weighted by atomic mass is 10.2. The lowest BCUT2D eigenvalue weighted by Crippen LogP contribution is -2.25. The Morgan fingerprint density at radius 2 is 1.96 bits per heavy atom. The second kappa shape index (κ2) is 7.76. The Bertz CT molecular complexity index is 1100. The third kappa shape index (κ3) is 4.16. The van der Waals surface area contributed by atoms with E-state index in [4.69, 9.17) is 5.26 Å². The van der Waals surface area contributed by atoms with Gasteiger partial charge in [-0.15, -0.1) is 0 Å². The van der Waals surface area contributed by atoms with Gasteiger partial charge in [0.15, 0.2) is 11.4 Å². The van der Waals surface area contributed by atoms with Gasteiger partial charge in [-0.05, 0) is 60.6 Å². The van der Waals surface area contributed by atoms with E-state index in [1.807, 2.05) is 18.4 Å². The van der Waals surface area contributed by atoms with Crippen LogP contribution in [0, 0.1) is 17.6 Å². The number of carbonyl (C=O) groups is 1. The van der Waals surface area contributed by atoms with Crippen LogP contribution in [0.5, 0.6) is 5.75 Å². The first kappa shape index (κ1) is 18.2. The van der Waals surface area contributed by atoms with Crippen LogP contribution in [0.4, 0.5) is 5.69 Å². The highest BCUT2D eigenvalue weighted by Gasteiger charge is 2.17. The first-order valence-electron chi connectivity index (χ1n) is 7.85. The first-order chi connectivity index (χ1) is 13.0. The summed E-state index contributed by atoms with van der Waals surface area (Å²) in [6.45, 7) is 1.87. The van der Waals surface area contributed by atoms with Crippen LogP contribution in [0.15, 0.2) is 64.3 Å². The fraction of sp³-hybridized carbons (Fsp3) is 0.0526. The summed E-state index contributed by atoms with van der Waals surface area (Å²) in [5.41, 5.74) is 1.07. The zero-order valence-electron chi connectivity index (χ0n) is 14.2. The van der Waals surface area contributed by atoms with E-state index in [-0.39, 0.29) is 5.69 Å². The number of nitrogens with zero attached hydrogens (tertiary/aromatic N) is 3. The average molecular weight is 378 g/mol. The van der Waals surface area contributed by atoms with Crippen molar-refractivity contribution in [1.29, 1.82) is 5.26 Å². The predicted molar refractivity (Wildman–Crippen MR) is 102 cm³/mol. The molecule has 3 aromatic rings. The standard InChI is InChI=1S/C19H14N4O3S/c1-12-3-2-4-14(9-12)23-17(25)10-16(24)18(22-23)19(26)21-13-5-7-15(8-6-13)27-11-20/h2-10,24H,1H3,(H,21,26). The van der Waals surface area contributed by atoms with Gasteiger partial charge in [-0.3, -0.25) is 9.59 Å². The number of aromatic hydroxyl groups is 1. The molecule has 0 radical (unpaired) electrons. The fourth-order valence-corrected chi connectivity index (χ4v) is 2.78. The van der Waals surface area contributed by atoms with Gasteiger partial charge in [-0.25, -0.2) is 0 Å². The number of benzene rings is 2. The van der Waals surface area contributed by atoms with E-state index < -0.39 is 17.2 Å². The third-order valence-electron chi connectivity index (χ3n) is 3.65. The molecule has 1 aromatic heterocycles. The number of rotatable bonds is 4. The topological polar surface area (TPSA) is 108 Å². The summed E-state index contributed by atoms with van der Waals surface area (Å²) in [6.07, 6.45) is 0. The number of hydrogen-bond donors (Lipinski definition) is 2. The number of carbonyl (C=O) groups excluding carboxylic acids is 1. The highest BCUT2D eigenvalue weighted by atomic mass is 32.2. The zero-order valence-corrected chi connectivity index (χ0v) is 15.0. The van der Waals surface area contributed by atoms with Crippen molar-refractivity contribution in [2.45, 2.75) is 11.8 Å². The highest BCUT2D eigenvalue weighted by Crippen LogP contribution is 2.20. The molecule has 0 aliphatic heterocycles. The molecule has 0 unspecified atom stereocenters. The van der Waals surface area contributed by atoms with Gasteiger partial charge in [-0.2, -0.15) is 15.0 Å². The Balaban J connectivity index is 1.91. The smallest absolute Gasteiger partial charge is 0.279 e. The van der Waals surface area contributed by atoms with Crippen molar-refractivity contribution in [2.75, 3.05) is 5.32 Å². The third-order valence-corrected chi connectivity index (χ3v) is 4.25. The van der Waals surface area contributed by atoms with E-state index in [9.17, 15) is 14.7 Å². The molecule has 0 bridgehead atoms. The van der Waals surface area contributed by atoms with E-state index in [0.29, 0.717) is 11.4 Å². The van der Waals surface area contributed by atoms with Crippen LogP contribution in [-0.2, 0) is 0 Å². The second-order valence-corrected chi connectivity index (χ2v) is 6.50. The normalized spacial score (nSPS) is 10.2. The van der Waals surface area contributed by atoms with Crippen molar-refractivity contribution in [3.63, 3.8) is 0 Å². The average Bonchev–Trinajstić information content (AvgIpc) is 2.63. The molecule has 0 fully saturated rings. The highest BCUT2D eigenvalue weighted by molar-refractivity contribution is 8.03. The summed E-state index contributed by atoms with van der Waals surface area (Å²) in [5, 5.41) is 27.2. The maximum Gasteiger partial charge on any atom is 0.279 e. The van der Waals surface area contributed by atoms with Crippen LogP contribution < -0.4 is 10.9 Å². The number of thioether (sulfide) groups is 1. The number of nitrogens with one attached hydrogen (secondary N) is 1. The Morgan fingerprint density at radius 1 is 1.22 bits per heavy atom. The fourth-order valence-electron chi connectivity index (χ4n) is 2.40. The summed E-state index contributed by atoms with van der Waals surface area (Å²) in [7, 11) is 0. The van der Waals surface area contributed by atoms with E-state index in [0.717, 1.165) is 33.0 Å². The molecule has 2 N–H and O–H groups in total. The van der Waals surface area contributed by atoms with E-state index in [1.165, 1.54) is 0 Å². The summed E-state index contributed by atoms with van der Waals surface area (Å²) in [6, 6.07) is 14.7. The minimum absolute atomic E-state index is 0.272. The quantitative estimate of drug-likeness (QED) is 0.534. The first-order valence-corrected chi connectivity index (χ1v) is 8.67. The number of anilines is 1. The molecule has 0 saturated heterocycles. The van der Waals surface area contributed by atoms with Crippen LogP contribution in [0.1, 0.15) is 16.1 Å². The minimum Gasteiger partial charge on any atom is -0.505 e. The van der Waals surface area contributed by atoms with Gasteiger partial charge in [0.1, 0.15) is 5.40 Å². The Morgan fingerprint density at radius 3 is 2.63 bits per heavy atom. The summed E-state index contributed by atoms with van der Waals surface area (Å²) in [4.78, 5) is 25.4. The van der Waals surface area contributed by atoms with Crippen LogP contribution in [-0.4, -0.2) is 20.8 Å². The number of aryl methyl sites for hydroxylation is 1.